The van der Waals surface area contributed by atoms with Crippen molar-refractivity contribution < 1.29 is 45.7 Å². The topological polar surface area (TPSA) is 0 Å². The summed E-state index contributed by atoms with van der Waals surface area (Å²) >= 11 is -1.52. The minimum atomic E-state index is -1.52. The van der Waals surface area contributed by atoms with Crippen LogP contribution in [-0.4, -0.2) is 5.92 Å². The van der Waals surface area contributed by atoms with Crippen LogP contribution < -0.4 is 24.8 Å². The largest absolute Gasteiger partial charge is 1.00 e. The van der Waals surface area contributed by atoms with E-state index in [9.17, 15) is 0 Å². The van der Waals surface area contributed by atoms with Crippen molar-refractivity contribution in [3.8, 4) is 0 Å². The second-order valence-electron chi connectivity index (χ2n) is 8.20. The van der Waals surface area contributed by atoms with Crippen molar-refractivity contribution >= 4 is 5.92 Å². The van der Waals surface area contributed by atoms with Crippen molar-refractivity contribution in [3.05, 3.63) is 46.6 Å². The van der Waals surface area contributed by atoms with Crippen LogP contribution in [0.15, 0.2) is 46.6 Å². The van der Waals surface area contributed by atoms with Crippen LogP contribution in [0.2, 0.25) is 19.3 Å². The van der Waals surface area contributed by atoms with Crippen molar-refractivity contribution in [2.75, 3.05) is 0 Å². The maximum Gasteiger partial charge on any atom is -1.00 e. The van der Waals surface area contributed by atoms with Gasteiger partial charge in [0.2, 0.25) is 0 Å². The molecule has 4 aliphatic carbocycles. The van der Waals surface area contributed by atoms with Gasteiger partial charge >= 0.3 is 158 Å². The molecule has 0 amide bonds. The fraction of sp³-hybridized carbons (Fsp3) is 0.636. The molecule has 0 bridgehead atoms. The minimum Gasteiger partial charge on any atom is -1.00 e. The van der Waals surface area contributed by atoms with E-state index in [1.807, 2.05) is 11.1 Å². The van der Waals surface area contributed by atoms with Crippen molar-refractivity contribution in [1.29, 1.82) is 0 Å². The van der Waals surface area contributed by atoms with Crippen LogP contribution in [0.25, 0.3) is 0 Å². The molecule has 2 atom stereocenters. The van der Waals surface area contributed by atoms with Gasteiger partial charge in [0.25, 0.3) is 0 Å². The summed E-state index contributed by atoms with van der Waals surface area (Å²) in [5.74, 6) is -0.521. The summed E-state index contributed by atoms with van der Waals surface area (Å²) in [6.45, 7) is 5.06. The third kappa shape index (κ3) is 4.29. The summed E-state index contributed by atoms with van der Waals surface area (Å²) in [6, 6.07) is 3.12. The zero-order chi connectivity index (χ0) is 16.5. The fourth-order valence-electron chi connectivity index (χ4n) is 5.74. The standard InChI is InChI=1S/2C9H11.C4H11Si.2ClH.Zr/c2*1-2-5-9-7-3-6-8(9)4-1;1-3-5-4-2;;;/h2*3,6-7H,1-2,4-5H2;5H,3-4H2,1-2H3;2*1H;/q;;;;;+2/p-2. The van der Waals surface area contributed by atoms with Crippen LogP contribution in [-0.2, 0) is 20.9 Å². The van der Waals surface area contributed by atoms with Gasteiger partial charge in [-0.1, -0.05) is 0 Å². The molecule has 0 heterocycles. The number of halogens is 2. The molecule has 0 aromatic heterocycles. The Bertz CT molecular complexity index is 568. The third-order valence-corrected chi connectivity index (χ3v) is 33.3. The summed E-state index contributed by atoms with van der Waals surface area (Å²) in [6.07, 6.45) is 22.1. The number of allylic oxidation sites excluding steroid dienone is 8. The average molecular weight is 488 g/mol. The third-order valence-electron chi connectivity index (χ3n) is 7.02. The van der Waals surface area contributed by atoms with Gasteiger partial charge in [-0.25, -0.2) is 0 Å². The Morgan fingerprint density at radius 3 is 1.62 bits per heavy atom. The molecule has 0 N–H and O–H groups in total. The van der Waals surface area contributed by atoms with Crippen molar-refractivity contribution in [2.24, 2.45) is 0 Å². The van der Waals surface area contributed by atoms with E-state index >= 15 is 0 Å². The van der Waals surface area contributed by atoms with Gasteiger partial charge in [-0.05, 0) is 0 Å². The maximum atomic E-state index is 2.73. The molecule has 0 radical (unpaired) electrons. The zero-order valence-corrected chi connectivity index (χ0v) is 21.5. The Balaban J connectivity index is 0.00000121. The quantitative estimate of drug-likeness (QED) is 0.504. The average Bonchev–Trinajstić information content (AvgIpc) is 3.24. The molecule has 0 fully saturated rings. The summed E-state index contributed by atoms with van der Waals surface area (Å²) in [5.41, 5.74) is 7.47. The SMILES string of the molecule is CC[SiH](CC)[Zr+2]([CH]1C=CC2=C1CCCC2)[CH]1C=CC2=C1CCCC2.[Cl-].[Cl-]. The molecule has 0 spiro atoms. The Kier molecular flexibility index (Phi) is 9.19. The molecule has 4 rings (SSSR count). The molecule has 0 saturated carbocycles. The monoisotopic (exact) mass is 485 g/mol. The van der Waals surface area contributed by atoms with E-state index in [0.29, 0.717) is 0 Å². The van der Waals surface area contributed by atoms with Gasteiger partial charge in [0.15, 0.2) is 0 Å². The van der Waals surface area contributed by atoms with Crippen LogP contribution in [0.5, 0.6) is 0 Å². The maximum absolute atomic E-state index is 2.73. The second-order valence-corrected chi connectivity index (χ2v) is 26.7. The van der Waals surface area contributed by atoms with Gasteiger partial charge in [-0.2, -0.15) is 0 Å². The second kappa shape index (κ2) is 10.4. The molecule has 2 unspecified atom stereocenters. The Hall–Kier alpha value is 0.640. The van der Waals surface area contributed by atoms with Crippen molar-refractivity contribution in [3.63, 3.8) is 0 Å². The molecule has 0 nitrogen and oxygen atoms in total. The van der Waals surface area contributed by atoms with Gasteiger partial charge < -0.3 is 24.8 Å². The molecule has 26 heavy (non-hydrogen) atoms. The number of hydrogen-bond acceptors (Lipinski definition) is 0. The first kappa shape index (κ1) is 22.9. The fourth-order valence-corrected chi connectivity index (χ4v) is 32.5. The molecule has 143 valence electrons. The van der Waals surface area contributed by atoms with Gasteiger partial charge in [0, 0.05) is 0 Å². The molecule has 0 aromatic carbocycles. The summed E-state index contributed by atoms with van der Waals surface area (Å²) < 4.78 is 1.98. The van der Waals surface area contributed by atoms with Gasteiger partial charge in [-0.3, -0.25) is 0 Å². The molecule has 4 aliphatic rings. The van der Waals surface area contributed by atoms with Crippen LogP contribution in [0.3, 0.4) is 0 Å². The van der Waals surface area contributed by atoms with E-state index in [4.69, 9.17) is 0 Å². The van der Waals surface area contributed by atoms with Crippen LogP contribution in [0.1, 0.15) is 65.2 Å². The van der Waals surface area contributed by atoms with E-state index in [1.165, 1.54) is 51.4 Å². The van der Waals surface area contributed by atoms with Gasteiger partial charge in [0.1, 0.15) is 0 Å². The Labute approximate surface area is 181 Å². The van der Waals surface area contributed by atoms with Crippen LogP contribution in [0, 0.1) is 0 Å². The van der Waals surface area contributed by atoms with E-state index in [1.54, 1.807) is 23.2 Å². The predicted octanol–water partition coefficient (Wildman–Crippen LogP) is 0.834. The number of hydrogen-bond donors (Lipinski definition) is 0. The van der Waals surface area contributed by atoms with Crippen molar-refractivity contribution in [2.45, 2.75) is 84.6 Å². The molecule has 0 aromatic rings. The first-order chi connectivity index (χ1) is 11.8. The predicted molar refractivity (Wildman–Crippen MR) is 105 cm³/mol. The van der Waals surface area contributed by atoms with Crippen LogP contribution >= 0.6 is 0 Å². The minimum absolute atomic E-state index is 0. The Morgan fingerprint density at radius 2 is 1.19 bits per heavy atom. The van der Waals surface area contributed by atoms with E-state index < -0.39 is 26.8 Å². The smallest absolute Gasteiger partial charge is 1.00 e. The van der Waals surface area contributed by atoms with Gasteiger partial charge in [-0.15, -0.1) is 0 Å². The number of rotatable bonds is 5. The molecule has 0 saturated heterocycles. The van der Waals surface area contributed by atoms with E-state index in [-0.39, 0.29) is 24.8 Å². The summed E-state index contributed by atoms with van der Waals surface area (Å²) in [4.78, 5) is 0. The molecular weight excluding hydrogens is 454 g/mol. The van der Waals surface area contributed by atoms with Crippen molar-refractivity contribution in [1.82, 2.24) is 0 Å². The van der Waals surface area contributed by atoms with E-state index in [2.05, 4.69) is 38.2 Å². The molecular formula is C22H33Cl2SiZr. The summed E-state index contributed by atoms with van der Waals surface area (Å²) in [5, 5.41) is 0. The molecule has 4 heteroatoms. The first-order valence-corrected chi connectivity index (χ1v) is 19.8. The zero-order valence-electron chi connectivity index (χ0n) is 16.4. The van der Waals surface area contributed by atoms with Crippen LogP contribution in [0.4, 0.5) is 0 Å². The summed E-state index contributed by atoms with van der Waals surface area (Å²) in [7, 11) is 0. The first-order valence-electron chi connectivity index (χ1n) is 10.5. The Morgan fingerprint density at radius 1 is 0.769 bits per heavy atom. The normalized spacial score (nSPS) is 26.6. The van der Waals surface area contributed by atoms with E-state index in [0.717, 1.165) is 7.25 Å². The molecule has 0 aliphatic heterocycles. The van der Waals surface area contributed by atoms with Gasteiger partial charge in [0.05, 0.1) is 0 Å².